The maximum absolute atomic E-state index is 8.94. The minimum absolute atomic E-state index is 0.0244. The first-order valence-corrected chi connectivity index (χ1v) is 12.1. The highest BCUT2D eigenvalue weighted by Crippen LogP contribution is 2.12. The van der Waals surface area contributed by atoms with Crippen molar-refractivity contribution in [2.24, 2.45) is 0 Å². The van der Waals surface area contributed by atoms with Crippen molar-refractivity contribution in [1.29, 1.82) is 0 Å². The zero-order valence-corrected chi connectivity index (χ0v) is 19.4. The molecule has 0 fully saturated rings. The van der Waals surface area contributed by atoms with Crippen LogP contribution in [-0.4, -0.2) is 49.8 Å². The molecular formula is C24H50O4. The molecule has 28 heavy (non-hydrogen) atoms. The van der Waals surface area contributed by atoms with Crippen molar-refractivity contribution in [3.05, 3.63) is 0 Å². The standard InChI is InChI=1S/C24H50O4/c1-5-6-7-8-9-10-11-12-13-14-15-16-17-18-26-23(3)20-28-24(4)21-27-22(2)19-25/h22-25H,5-21H2,1-4H3. The summed E-state index contributed by atoms with van der Waals surface area (Å²) in [6.45, 7) is 10.2. The van der Waals surface area contributed by atoms with E-state index in [1.807, 2.05) is 13.8 Å². The Balaban J connectivity index is 3.27. The van der Waals surface area contributed by atoms with Gasteiger partial charge in [-0.05, 0) is 27.2 Å². The molecule has 0 aromatic heterocycles. The SMILES string of the molecule is CCCCCCCCCCCCCCCOC(C)COC(C)COC(C)CO. The summed E-state index contributed by atoms with van der Waals surface area (Å²) in [7, 11) is 0. The van der Waals surface area contributed by atoms with Gasteiger partial charge in [-0.2, -0.15) is 0 Å². The van der Waals surface area contributed by atoms with Crippen molar-refractivity contribution < 1.29 is 19.3 Å². The Bertz CT molecular complexity index is 298. The van der Waals surface area contributed by atoms with Gasteiger partial charge < -0.3 is 19.3 Å². The molecule has 4 heteroatoms. The molecule has 0 amide bonds. The highest BCUT2D eigenvalue weighted by atomic mass is 16.6. The van der Waals surface area contributed by atoms with Gasteiger partial charge in [-0.3, -0.25) is 0 Å². The van der Waals surface area contributed by atoms with Gasteiger partial charge in [0.1, 0.15) is 0 Å². The van der Waals surface area contributed by atoms with Crippen LogP contribution >= 0.6 is 0 Å². The van der Waals surface area contributed by atoms with Crippen LogP contribution in [0.25, 0.3) is 0 Å². The topological polar surface area (TPSA) is 47.9 Å². The Morgan fingerprint density at radius 2 is 0.929 bits per heavy atom. The van der Waals surface area contributed by atoms with E-state index >= 15 is 0 Å². The quantitative estimate of drug-likeness (QED) is 0.216. The Morgan fingerprint density at radius 1 is 0.536 bits per heavy atom. The van der Waals surface area contributed by atoms with Crippen LogP contribution in [0.1, 0.15) is 111 Å². The van der Waals surface area contributed by atoms with Gasteiger partial charge in [-0.15, -0.1) is 0 Å². The molecule has 0 aliphatic heterocycles. The molecule has 0 heterocycles. The largest absolute Gasteiger partial charge is 0.394 e. The maximum atomic E-state index is 8.94. The molecule has 0 spiro atoms. The summed E-state index contributed by atoms with van der Waals surface area (Å²) < 4.78 is 17.0. The Hall–Kier alpha value is -0.160. The number of aliphatic hydroxyl groups is 1. The van der Waals surface area contributed by atoms with E-state index in [0.29, 0.717) is 13.2 Å². The van der Waals surface area contributed by atoms with Crippen LogP contribution in [0, 0.1) is 0 Å². The lowest BCUT2D eigenvalue weighted by Gasteiger charge is -2.19. The van der Waals surface area contributed by atoms with Crippen LogP contribution in [-0.2, 0) is 14.2 Å². The molecule has 0 saturated carbocycles. The van der Waals surface area contributed by atoms with Crippen molar-refractivity contribution in [1.82, 2.24) is 0 Å². The molecule has 0 bridgehead atoms. The van der Waals surface area contributed by atoms with Crippen molar-refractivity contribution in [2.45, 2.75) is 129 Å². The number of rotatable bonds is 22. The molecule has 3 unspecified atom stereocenters. The van der Waals surface area contributed by atoms with Gasteiger partial charge in [0.15, 0.2) is 0 Å². The lowest BCUT2D eigenvalue weighted by Crippen LogP contribution is -2.26. The predicted octanol–water partition coefficient (Wildman–Crippen LogP) is 6.29. The molecule has 4 nitrogen and oxygen atoms in total. The summed E-state index contributed by atoms with van der Waals surface area (Å²) >= 11 is 0. The van der Waals surface area contributed by atoms with Crippen LogP contribution in [0.3, 0.4) is 0 Å². The zero-order chi connectivity index (χ0) is 20.9. The van der Waals surface area contributed by atoms with Crippen molar-refractivity contribution in [3.8, 4) is 0 Å². The second-order valence-corrected chi connectivity index (χ2v) is 8.39. The van der Waals surface area contributed by atoms with Gasteiger partial charge in [0.25, 0.3) is 0 Å². The minimum Gasteiger partial charge on any atom is -0.394 e. The normalized spacial score (nSPS) is 14.9. The number of unbranched alkanes of at least 4 members (excludes halogenated alkanes) is 12. The zero-order valence-electron chi connectivity index (χ0n) is 19.4. The van der Waals surface area contributed by atoms with E-state index in [-0.39, 0.29) is 24.9 Å². The van der Waals surface area contributed by atoms with Gasteiger partial charge in [0, 0.05) is 6.61 Å². The van der Waals surface area contributed by atoms with E-state index in [2.05, 4.69) is 13.8 Å². The van der Waals surface area contributed by atoms with E-state index in [9.17, 15) is 0 Å². The summed E-state index contributed by atoms with van der Waals surface area (Å²) in [6.07, 6.45) is 17.9. The minimum atomic E-state index is -0.129. The van der Waals surface area contributed by atoms with Crippen LogP contribution in [0.2, 0.25) is 0 Å². The number of aliphatic hydroxyl groups excluding tert-OH is 1. The van der Waals surface area contributed by atoms with Gasteiger partial charge >= 0.3 is 0 Å². The molecule has 1 N–H and O–H groups in total. The first-order valence-electron chi connectivity index (χ1n) is 12.1. The van der Waals surface area contributed by atoms with Gasteiger partial charge in [0.05, 0.1) is 38.1 Å². The van der Waals surface area contributed by atoms with Crippen molar-refractivity contribution >= 4 is 0 Å². The van der Waals surface area contributed by atoms with Crippen LogP contribution in [0.4, 0.5) is 0 Å². The fourth-order valence-electron chi connectivity index (χ4n) is 3.15. The molecule has 0 aromatic carbocycles. The summed E-state index contributed by atoms with van der Waals surface area (Å²) in [4.78, 5) is 0. The summed E-state index contributed by atoms with van der Waals surface area (Å²) in [5, 5.41) is 8.94. The van der Waals surface area contributed by atoms with E-state index in [0.717, 1.165) is 13.0 Å². The van der Waals surface area contributed by atoms with E-state index < -0.39 is 0 Å². The molecule has 0 aliphatic carbocycles. The summed E-state index contributed by atoms with van der Waals surface area (Å²) in [5.41, 5.74) is 0. The molecule has 0 saturated heterocycles. The Kier molecular flexibility index (Phi) is 21.4. The average Bonchev–Trinajstić information content (AvgIpc) is 2.70. The number of hydrogen-bond acceptors (Lipinski definition) is 4. The lowest BCUT2D eigenvalue weighted by molar-refractivity contribution is -0.0746. The average molecular weight is 403 g/mol. The lowest BCUT2D eigenvalue weighted by atomic mass is 10.0. The third-order valence-electron chi connectivity index (χ3n) is 5.14. The fourth-order valence-corrected chi connectivity index (χ4v) is 3.15. The highest BCUT2D eigenvalue weighted by molar-refractivity contribution is 4.55. The smallest absolute Gasteiger partial charge is 0.0781 e. The first kappa shape index (κ1) is 27.8. The Labute approximate surface area is 175 Å². The Morgan fingerprint density at radius 3 is 1.39 bits per heavy atom. The second-order valence-electron chi connectivity index (χ2n) is 8.39. The summed E-state index contributed by atoms with van der Waals surface area (Å²) in [6, 6.07) is 0. The summed E-state index contributed by atoms with van der Waals surface area (Å²) in [5.74, 6) is 0. The van der Waals surface area contributed by atoms with E-state index in [4.69, 9.17) is 19.3 Å². The van der Waals surface area contributed by atoms with Crippen LogP contribution < -0.4 is 0 Å². The van der Waals surface area contributed by atoms with Crippen LogP contribution in [0.15, 0.2) is 0 Å². The monoisotopic (exact) mass is 402 g/mol. The molecule has 3 atom stereocenters. The maximum Gasteiger partial charge on any atom is 0.0781 e. The molecule has 170 valence electrons. The van der Waals surface area contributed by atoms with Crippen molar-refractivity contribution in [2.75, 3.05) is 26.4 Å². The number of hydrogen-bond donors (Lipinski definition) is 1. The van der Waals surface area contributed by atoms with Gasteiger partial charge in [-0.25, -0.2) is 0 Å². The van der Waals surface area contributed by atoms with Gasteiger partial charge in [-0.1, -0.05) is 84.0 Å². The predicted molar refractivity (Wildman–Crippen MR) is 119 cm³/mol. The molecule has 0 aliphatic rings. The van der Waals surface area contributed by atoms with Gasteiger partial charge in [0.2, 0.25) is 0 Å². The molecule has 0 aromatic rings. The molecular weight excluding hydrogens is 352 g/mol. The third kappa shape index (κ3) is 20.6. The first-order chi connectivity index (χ1) is 13.6. The van der Waals surface area contributed by atoms with Crippen LogP contribution in [0.5, 0.6) is 0 Å². The second kappa shape index (κ2) is 21.5. The van der Waals surface area contributed by atoms with E-state index in [1.54, 1.807) is 0 Å². The molecule has 0 rings (SSSR count). The van der Waals surface area contributed by atoms with E-state index in [1.165, 1.54) is 77.0 Å². The van der Waals surface area contributed by atoms with Crippen molar-refractivity contribution in [3.63, 3.8) is 0 Å². The highest BCUT2D eigenvalue weighted by Gasteiger charge is 2.09. The molecule has 0 radical (unpaired) electrons. The number of ether oxygens (including phenoxy) is 3. The fraction of sp³-hybridized carbons (Fsp3) is 1.00. The third-order valence-corrected chi connectivity index (χ3v) is 5.14.